The number of ether oxygens (including phenoxy) is 2. The molecule has 3 N–H and O–H groups in total. The molecule has 0 amide bonds. The number of hydrogen-bond acceptors (Lipinski definition) is 4. The van der Waals surface area contributed by atoms with Crippen LogP contribution in [-0.2, 0) is 17.9 Å². The fourth-order valence-corrected chi connectivity index (χ4v) is 2.44. The Morgan fingerprint density at radius 2 is 1.85 bits per heavy atom. The van der Waals surface area contributed by atoms with Crippen molar-refractivity contribution in [3.8, 4) is 5.75 Å². The van der Waals surface area contributed by atoms with Crippen molar-refractivity contribution in [1.82, 2.24) is 10.6 Å². The Kier molecular flexibility index (Phi) is 9.17. The predicted molar refractivity (Wildman–Crippen MR) is 108 cm³/mol. The molecule has 0 aliphatic rings. The molecule has 0 aliphatic carbocycles. The Morgan fingerprint density at radius 3 is 2.59 bits per heavy atom. The standard InChI is InChI=1S/C21H29N3O3/c1-3-22-21(23-13-18-10-7-11-20(12-18)26-2)24-14-19(25)16-27-15-17-8-5-4-6-9-17/h4-12,19,25H,3,13-16H2,1-2H3,(H2,22,23,24). The Bertz CT molecular complexity index is 692. The molecule has 0 spiro atoms. The molecule has 2 aromatic rings. The summed E-state index contributed by atoms with van der Waals surface area (Å²) in [6.07, 6.45) is -0.616. The van der Waals surface area contributed by atoms with E-state index in [1.807, 2.05) is 61.5 Å². The molecule has 1 unspecified atom stereocenters. The largest absolute Gasteiger partial charge is 0.497 e. The van der Waals surface area contributed by atoms with Crippen LogP contribution in [0.4, 0.5) is 0 Å². The monoisotopic (exact) mass is 371 g/mol. The van der Waals surface area contributed by atoms with Gasteiger partial charge in [-0.2, -0.15) is 0 Å². The first-order valence-corrected chi connectivity index (χ1v) is 9.16. The summed E-state index contributed by atoms with van der Waals surface area (Å²) >= 11 is 0. The fourth-order valence-electron chi connectivity index (χ4n) is 2.44. The van der Waals surface area contributed by atoms with Gasteiger partial charge in [0.15, 0.2) is 5.96 Å². The van der Waals surface area contributed by atoms with Crippen molar-refractivity contribution >= 4 is 5.96 Å². The number of aliphatic imine (C=N–C) groups is 1. The van der Waals surface area contributed by atoms with Crippen LogP contribution in [-0.4, -0.2) is 44.0 Å². The molecule has 6 nitrogen and oxygen atoms in total. The molecular weight excluding hydrogens is 342 g/mol. The van der Waals surface area contributed by atoms with E-state index in [0.717, 1.165) is 23.4 Å². The second-order valence-electron chi connectivity index (χ2n) is 6.08. The zero-order valence-electron chi connectivity index (χ0n) is 16.0. The number of methoxy groups -OCH3 is 1. The zero-order valence-corrected chi connectivity index (χ0v) is 16.0. The topological polar surface area (TPSA) is 75.1 Å². The number of aliphatic hydroxyl groups is 1. The molecule has 2 rings (SSSR count). The van der Waals surface area contributed by atoms with Crippen molar-refractivity contribution in [2.45, 2.75) is 26.2 Å². The molecule has 0 aliphatic heterocycles. The Balaban J connectivity index is 1.76. The molecule has 0 aromatic heterocycles. The van der Waals surface area contributed by atoms with E-state index in [0.29, 0.717) is 25.7 Å². The molecule has 146 valence electrons. The van der Waals surface area contributed by atoms with Gasteiger partial charge < -0.3 is 25.2 Å². The molecule has 6 heteroatoms. The number of nitrogens with zero attached hydrogens (tertiary/aromatic N) is 1. The minimum atomic E-state index is -0.616. The summed E-state index contributed by atoms with van der Waals surface area (Å²) in [4.78, 5) is 4.55. The SMILES string of the molecule is CCNC(=NCc1cccc(OC)c1)NCC(O)COCc1ccccc1. The van der Waals surface area contributed by atoms with Crippen LogP contribution in [0.5, 0.6) is 5.75 Å². The third-order valence-electron chi connectivity index (χ3n) is 3.83. The van der Waals surface area contributed by atoms with E-state index in [9.17, 15) is 5.11 Å². The maximum Gasteiger partial charge on any atom is 0.191 e. The molecule has 2 aromatic carbocycles. The maximum atomic E-state index is 10.1. The van der Waals surface area contributed by atoms with Crippen molar-refractivity contribution < 1.29 is 14.6 Å². The summed E-state index contributed by atoms with van der Waals surface area (Å²) in [6, 6.07) is 17.7. The maximum absolute atomic E-state index is 10.1. The first kappa shape index (κ1) is 20.7. The fraction of sp³-hybridized carbons (Fsp3) is 0.381. The molecule has 0 fully saturated rings. The smallest absolute Gasteiger partial charge is 0.191 e. The second kappa shape index (κ2) is 11.9. The van der Waals surface area contributed by atoms with Crippen molar-refractivity contribution in [1.29, 1.82) is 0 Å². The van der Waals surface area contributed by atoms with Crippen molar-refractivity contribution in [3.63, 3.8) is 0 Å². The van der Waals surface area contributed by atoms with Crippen LogP contribution in [0.15, 0.2) is 59.6 Å². The van der Waals surface area contributed by atoms with Gasteiger partial charge in [0.2, 0.25) is 0 Å². The first-order chi connectivity index (χ1) is 13.2. The highest BCUT2D eigenvalue weighted by atomic mass is 16.5. The Hall–Kier alpha value is -2.57. The molecule has 0 saturated carbocycles. The van der Waals surface area contributed by atoms with Crippen molar-refractivity contribution in [3.05, 3.63) is 65.7 Å². The summed E-state index contributed by atoms with van der Waals surface area (Å²) in [5, 5.41) is 16.4. The normalized spacial score (nSPS) is 12.5. The van der Waals surface area contributed by atoms with Gasteiger partial charge in [-0.15, -0.1) is 0 Å². The Labute approximate surface area is 161 Å². The second-order valence-corrected chi connectivity index (χ2v) is 6.08. The number of rotatable bonds is 10. The minimum absolute atomic E-state index is 0.261. The number of hydrogen-bond donors (Lipinski definition) is 3. The van der Waals surface area contributed by atoms with Gasteiger partial charge in [0.1, 0.15) is 5.75 Å². The van der Waals surface area contributed by atoms with Gasteiger partial charge in [-0.1, -0.05) is 42.5 Å². The number of nitrogens with one attached hydrogen (secondary N) is 2. The van der Waals surface area contributed by atoms with E-state index in [2.05, 4.69) is 15.6 Å². The summed E-state index contributed by atoms with van der Waals surface area (Å²) < 4.78 is 10.8. The number of aliphatic hydroxyl groups excluding tert-OH is 1. The third kappa shape index (κ3) is 8.11. The number of benzene rings is 2. The Morgan fingerprint density at radius 1 is 1.07 bits per heavy atom. The van der Waals surface area contributed by atoms with Crippen molar-refractivity contribution in [2.24, 2.45) is 4.99 Å². The van der Waals surface area contributed by atoms with Gasteiger partial charge in [-0.3, -0.25) is 0 Å². The lowest BCUT2D eigenvalue weighted by Gasteiger charge is -2.15. The summed E-state index contributed by atoms with van der Waals surface area (Å²) in [5.74, 6) is 1.47. The van der Waals surface area contributed by atoms with Crippen LogP contribution in [0.25, 0.3) is 0 Å². The van der Waals surface area contributed by atoms with Crippen LogP contribution in [0.1, 0.15) is 18.1 Å². The predicted octanol–water partition coefficient (Wildman–Crippen LogP) is 2.33. The quantitative estimate of drug-likeness (QED) is 0.441. The first-order valence-electron chi connectivity index (χ1n) is 9.16. The third-order valence-corrected chi connectivity index (χ3v) is 3.83. The molecular formula is C21H29N3O3. The van der Waals surface area contributed by atoms with E-state index in [1.54, 1.807) is 7.11 Å². The van der Waals surface area contributed by atoms with Crippen LogP contribution in [0, 0.1) is 0 Å². The molecule has 0 bridgehead atoms. The van der Waals surface area contributed by atoms with Crippen LogP contribution >= 0.6 is 0 Å². The lowest BCUT2D eigenvalue weighted by molar-refractivity contribution is 0.0308. The van der Waals surface area contributed by atoms with E-state index >= 15 is 0 Å². The molecule has 1 atom stereocenters. The highest BCUT2D eigenvalue weighted by Gasteiger charge is 2.06. The van der Waals surface area contributed by atoms with Gasteiger partial charge in [-0.05, 0) is 30.2 Å². The minimum Gasteiger partial charge on any atom is -0.497 e. The van der Waals surface area contributed by atoms with E-state index in [-0.39, 0.29) is 6.61 Å². The van der Waals surface area contributed by atoms with Gasteiger partial charge >= 0.3 is 0 Å². The van der Waals surface area contributed by atoms with E-state index in [4.69, 9.17) is 9.47 Å². The molecule has 27 heavy (non-hydrogen) atoms. The van der Waals surface area contributed by atoms with Gasteiger partial charge in [0, 0.05) is 13.1 Å². The van der Waals surface area contributed by atoms with E-state index < -0.39 is 6.10 Å². The van der Waals surface area contributed by atoms with Crippen LogP contribution in [0.3, 0.4) is 0 Å². The summed E-state index contributed by atoms with van der Waals surface area (Å²) in [7, 11) is 1.65. The zero-order chi connectivity index (χ0) is 19.3. The molecule has 0 heterocycles. The number of guanidine groups is 1. The molecule has 0 radical (unpaired) electrons. The van der Waals surface area contributed by atoms with Crippen LogP contribution in [0.2, 0.25) is 0 Å². The molecule has 0 saturated heterocycles. The van der Waals surface area contributed by atoms with Gasteiger partial charge in [0.05, 0.1) is 33.0 Å². The average Bonchev–Trinajstić information content (AvgIpc) is 2.71. The average molecular weight is 371 g/mol. The summed E-state index contributed by atoms with van der Waals surface area (Å²) in [5.41, 5.74) is 2.14. The van der Waals surface area contributed by atoms with Crippen molar-refractivity contribution in [2.75, 3.05) is 26.8 Å². The lowest BCUT2D eigenvalue weighted by Crippen LogP contribution is -2.42. The van der Waals surface area contributed by atoms with Gasteiger partial charge in [0.25, 0.3) is 0 Å². The highest BCUT2D eigenvalue weighted by Crippen LogP contribution is 2.13. The van der Waals surface area contributed by atoms with E-state index in [1.165, 1.54) is 0 Å². The lowest BCUT2D eigenvalue weighted by atomic mass is 10.2. The summed E-state index contributed by atoms with van der Waals surface area (Å²) in [6.45, 7) is 4.37. The van der Waals surface area contributed by atoms with Crippen LogP contribution < -0.4 is 15.4 Å². The van der Waals surface area contributed by atoms with Gasteiger partial charge in [-0.25, -0.2) is 4.99 Å². The highest BCUT2D eigenvalue weighted by molar-refractivity contribution is 5.79.